The lowest BCUT2D eigenvalue weighted by Crippen LogP contribution is -2.71. The van der Waals surface area contributed by atoms with Crippen LogP contribution in [0.2, 0.25) is 0 Å². The van der Waals surface area contributed by atoms with Crippen molar-refractivity contribution in [3.63, 3.8) is 0 Å². The summed E-state index contributed by atoms with van der Waals surface area (Å²) in [5.41, 5.74) is 1.66. The summed E-state index contributed by atoms with van der Waals surface area (Å²) in [6, 6.07) is 27.0. The molecule has 2 aliphatic heterocycles. The molecule has 0 spiro atoms. The van der Waals surface area contributed by atoms with Gasteiger partial charge in [0.1, 0.15) is 22.9 Å². The van der Waals surface area contributed by atoms with Crippen molar-refractivity contribution >= 4 is 29.5 Å². The molecule has 0 saturated carbocycles. The summed E-state index contributed by atoms with van der Waals surface area (Å²) in [4.78, 5) is 40.6. The number of nitrogens with zero attached hydrogens (tertiary/aromatic N) is 1. The van der Waals surface area contributed by atoms with Crippen molar-refractivity contribution in [3.8, 4) is 5.75 Å². The zero-order valence-electron chi connectivity index (χ0n) is 20.6. The number of carbonyl (C=O) groups excluding carboxylic acids is 3. The van der Waals surface area contributed by atoms with Crippen LogP contribution in [-0.4, -0.2) is 53.6 Å². The van der Waals surface area contributed by atoms with Gasteiger partial charge in [-0.3, -0.25) is 14.5 Å². The summed E-state index contributed by atoms with van der Waals surface area (Å²) >= 11 is 1.41. The molecule has 3 aromatic carbocycles. The molecule has 194 valence electrons. The topological polar surface area (TPSA) is 94.2 Å². The third-order valence-electron chi connectivity index (χ3n) is 6.23. The first-order valence-corrected chi connectivity index (χ1v) is 13.1. The first kappa shape index (κ1) is 25.4. The number of benzene rings is 3. The maximum atomic E-state index is 13.6. The number of carbonyl (C=O) groups is 3. The van der Waals surface area contributed by atoms with Crippen LogP contribution in [0.1, 0.15) is 17.2 Å². The van der Waals surface area contributed by atoms with E-state index in [4.69, 9.17) is 14.2 Å². The van der Waals surface area contributed by atoms with Gasteiger partial charge < -0.3 is 19.5 Å². The SMILES string of the molecule is COC1=C(C(=O)OC(c2ccccc2)c2ccccc2)N2C(=O)C(NC(=O)COc3ccccc3)[C@@H]2SC1. The lowest BCUT2D eigenvalue weighted by molar-refractivity contribution is -0.155. The smallest absolute Gasteiger partial charge is 0.359 e. The van der Waals surface area contributed by atoms with E-state index in [9.17, 15) is 14.4 Å². The van der Waals surface area contributed by atoms with E-state index in [-0.39, 0.29) is 12.3 Å². The van der Waals surface area contributed by atoms with Crippen molar-refractivity contribution in [1.29, 1.82) is 0 Å². The molecule has 8 nitrogen and oxygen atoms in total. The van der Waals surface area contributed by atoms with E-state index >= 15 is 0 Å². The highest BCUT2D eigenvalue weighted by Gasteiger charge is 2.55. The molecule has 0 radical (unpaired) electrons. The third kappa shape index (κ3) is 5.24. The van der Waals surface area contributed by atoms with Crippen LogP contribution >= 0.6 is 11.8 Å². The molecule has 1 fully saturated rings. The average Bonchev–Trinajstić information content (AvgIpc) is 2.98. The number of amides is 2. The predicted molar refractivity (Wildman–Crippen MR) is 142 cm³/mol. The Balaban J connectivity index is 1.31. The van der Waals surface area contributed by atoms with Gasteiger partial charge in [-0.25, -0.2) is 4.79 Å². The van der Waals surface area contributed by atoms with Gasteiger partial charge in [-0.05, 0) is 23.3 Å². The Kier molecular flexibility index (Phi) is 7.65. The van der Waals surface area contributed by atoms with Crippen LogP contribution < -0.4 is 10.1 Å². The molecular weight excluding hydrogens is 504 g/mol. The number of ether oxygens (including phenoxy) is 3. The van der Waals surface area contributed by atoms with Gasteiger partial charge in [0, 0.05) is 0 Å². The fourth-order valence-electron chi connectivity index (χ4n) is 4.36. The summed E-state index contributed by atoms with van der Waals surface area (Å²) < 4.78 is 17.0. The van der Waals surface area contributed by atoms with Crippen molar-refractivity contribution in [2.45, 2.75) is 17.5 Å². The maximum Gasteiger partial charge on any atom is 0.359 e. The molecule has 2 heterocycles. The van der Waals surface area contributed by atoms with Crippen LogP contribution in [0, 0.1) is 0 Å². The molecule has 2 amide bonds. The van der Waals surface area contributed by atoms with Crippen molar-refractivity contribution < 1.29 is 28.6 Å². The number of esters is 1. The van der Waals surface area contributed by atoms with Gasteiger partial charge >= 0.3 is 5.97 Å². The van der Waals surface area contributed by atoms with Crippen LogP contribution in [0.15, 0.2) is 102 Å². The minimum Gasteiger partial charge on any atom is -0.498 e. The largest absolute Gasteiger partial charge is 0.498 e. The zero-order chi connectivity index (χ0) is 26.5. The summed E-state index contributed by atoms with van der Waals surface area (Å²) in [6.45, 7) is -0.227. The monoisotopic (exact) mass is 530 g/mol. The number of methoxy groups -OCH3 is 1. The standard InChI is InChI=1S/C29H26N2O6S/c1-35-22-18-38-28-24(30-23(32)17-36-21-15-9-4-10-16-21)27(33)31(28)25(22)29(34)37-26(19-11-5-2-6-12-19)20-13-7-3-8-14-20/h2-16,24,26,28H,17-18H2,1H3,(H,30,32)/t24?,28-/m0/s1. The van der Waals surface area contributed by atoms with Gasteiger partial charge in [-0.2, -0.15) is 0 Å². The van der Waals surface area contributed by atoms with E-state index in [0.717, 1.165) is 11.1 Å². The van der Waals surface area contributed by atoms with Crippen LogP contribution in [0.4, 0.5) is 0 Å². The molecule has 2 atom stereocenters. The second-order valence-electron chi connectivity index (χ2n) is 8.64. The summed E-state index contributed by atoms with van der Waals surface area (Å²) in [6.07, 6.45) is -0.675. The quantitative estimate of drug-likeness (QED) is 0.333. The first-order chi connectivity index (χ1) is 18.6. The Hall–Kier alpha value is -4.24. The maximum absolute atomic E-state index is 13.6. The van der Waals surface area contributed by atoms with Crippen LogP contribution in [-0.2, 0) is 23.9 Å². The summed E-state index contributed by atoms with van der Waals surface area (Å²) in [7, 11) is 1.46. The number of nitrogens with one attached hydrogen (secondary N) is 1. The van der Waals surface area contributed by atoms with E-state index in [1.165, 1.54) is 23.8 Å². The van der Waals surface area contributed by atoms with Crippen molar-refractivity contribution in [3.05, 3.63) is 114 Å². The molecule has 3 aromatic rings. The second kappa shape index (κ2) is 11.4. The van der Waals surface area contributed by atoms with E-state index in [1.54, 1.807) is 24.3 Å². The lowest BCUT2D eigenvalue weighted by atomic mass is 10.0. The fraction of sp³-hybridized carbons (Fsp3) is 0.207. The van der Waals surface area contributed by atoms with Crippen LogP contribution in [0.5, 0.6) is 5.75 Å². The number of thioether (sulfide) groups is 1. The molecule has 1 saturated heterocycles. The molecule has 5 rings (SSSR count). The number of fused-ring (bicyclic) bond motifs is 1. The second-order valence-corrected chi connectivity index (χ2v) is 9.74. The molecule has 0 bridgehead atoms. The van der Waals surface area contributed by atoms with Gasteiger partial charge in [-0.1, -0.05) is 78.9 Å². The van der Waals surface area contributed by atoms with E-state index in [2.05, 4.69) is 5.32 Å². The summed E-state index contributed by atoms with van der Waals surface area (Å²) in [5.74, 6) is -0.250. The molecule has 2 aliphatic rings. The number of hydrogen-bond acceptors (Lipinski definition) is 7. The third-order valence-corrected chi connectivity index (χ3v) is 7.49. The first-order valence-electron chi connectivity index (χ1n) is 12.1. The van der Waals surface area contributed by atoms with E-state index in [0.29, 0.717) is 17.3 Å². The molecular formula is C29H26N2O6S. The number of β-lactam (4-membered cyclic amide) rings is 1. The molecule has 1 unspecified atom stereocenters. The fourth-order valence-corrected chi connectivity index (χ4v) is 5.68. The minimum absolute atomic E-state index is 0.0594. The molecule has 1 N–H and O–H groups in total. The van der Waals surface area contributed by atoms with Crippen LogP contribution in [0.25, 0.3) is 0 Å². The van der Waals surface area contributed by atoms with Crippen molar-refractivity contribution in [2.75, 3.05) is 19.5 Å². The van der Waals surface area contributed by atoms with Crippen molar-refractivity contribution in [1.82, 2.24) is 10.2 Å². The highest BCUT2D eigenvalue weighted by molar-refractivity contribution is 8.00. The van der Waals surface area contributed by atoms with Crippen molar-refractivity contribution in [2.24, 2.45) is 0 Å². The Morgan fingerprint density at radius 1 is 0.947 bits per heavy atom. The Morgan fingerprint density at radius 2 is 1.53 bits per heavy atom. The van der Waals surface area contributed by atoms with Gasteiger partial charge in [0.25, 0.3) is 11.8 Å². The van der Waals surface area contributed by atoms with Gasteiger partial charge in [0.15, 0.2) is 18.4 Å². The van der Waals surface area contributed by atoms with Gasteiger partial charge in [0.05, 0.1) is 12.9 Å². The minimum atomic E-state index is -0.785. The molecule has 0 aliphatic carbocycles. The van der Waals surface area contributed by atoms with Crippen LogP contribution in [0.3, 0.4) is 0 Å². The molecule has 38 heavy (non-hydrogen) atoms. The Labute approximate surface area is 224 Å². The van der Waals surface area contributed by atoms with E-state index in [1.807, 2.05) is 66.7 Å². The average molecular weight is 531 g/mol. The predicted octanol–water partition coefficient (Wildman–Crippen LogP) is 3.66. The number of rotatable bonds is 9. The number of para-hydroxylation sites is 1. The van der Waals surface area contributed by atoms with E-state index < -0.39 is 35.3 Å². The Bertz CT molecular complexity index is 1290. The Morgan fingerprint density at radius 3 is 2.11 bits per heavy atom. The zero-order valence-corrected chi connectivity index (χ0v) is 21.4. The van der Waals surface area contributed by atoms with Gasteiger partial charge in [-0.15, -0.1) is 11.8 Å². The molecule has 0 aromatic heterocycles. The normalized spacial score (nSPS) is 18.4. The lowest BCUT2D eigenvalue weighted by Gasteiger charge is -2.49. The highest BCUT2D eigenvalue weighted by Crippen LogP contribution is 2.41. The van der Waals surface area contributed by atoms with Gasteiger partial charge in [0.2, 0.25) is 0 Å². The number of hydrogen-bond donors (Lipinski definition) is 1. The molecule has 9 heteroatoms. The summed E-state index contributed by atoms with van der Waals surface area (Å²) in [5, 5.41) is 2.27. The highest BCUT2D eigenvalue weighted by atomic mass is 32.2.